The van der Waals surface area contributed by atoms with Gasteiger partial charge in [0, 0.05) is 18.1 Å². The van der Waals surface area contributed by atoms with Gasteiger partial charge in [-0.15, -0.1) is 5.10 Å². The van der Waals surface area contributed by atoms with Crippen molar-refractivity contribution < 1.29 is 5.11 Å². The molecule has 0 spiro atoms. The van der Waals surface area contributed by atoms with Crippen LogP contribution in [0.5, 0.6) is 0 Å². The van der Waals surface area contributed by atoms with Gasteiger partial charge in [0.1, 0.15) is 0 Å². The molecule has 0 saturated carbocycles. The summed E-state index contributed by atoms with van der Waals surface area (Å²) in [5, 5.41) is 18.8. The molecule has 2 N–H and O–H groups in total. The second-order valence-electron chi connectivity index (χ2n) is 2.63. The van der Waals surface area contributed by atoms with Crippen LogP contribution < -0.4 is 0 Å². The van der Waals surface area contributed by atoms with Gasteiger partial charge in [0.2, 0.25) is 0 Å². The van der Waals surface area contributed by atoms with E-state index in [1.54, 1.807) is 6.20 Å². The standard InChI is InChI=1S/C7H13N3OS/c11-4-2-1-3-7(12)6-5-8-10-9-6/h5,7,11-12H,1-4H2,(H,8,9,10). The van der Waals surface area contributed by atoms with Crippen LogP contribution in [-0.4, -0.2) is 27.1 Å². The van der Waals surface area contributed by atoms with E-state index >= 15 is 0 Å². The van der Waals surface area contributed by atoms with E-state index < -0.39 is 0 Å². The molecule has 1 atom stereocenters. The van der Waals surface area contributed by atoms with Gasteiger partial charge in [0.15, 0.2) is 0 Å². The zero-order valence-electron chi connectivity index (χ0n) is 6.77. The van der Waals surface area contributed by atoms with Crippen LogP contribution in [-0.2, 0) is 0 Å². The summed E-state index contributed by atoms with van der Waals surface area (Å²) in [4.78, 5) is 0. The summed E-state index contributed by atoms with van der Waals surface area (Å²) in [6.07, 6.45) is 4.47. The van der Waals surface area contributed by atoms with Gasteiger partial charge in [-0.3, -0.25) is 5.10 Å². The van der Waals surface area contributed by atoms with Crippen LogP contribution in [0.3, 0.4) is 0 Å². The molecule has 68 valence electrons. The average Bonchev–Trinajstić information content (AvgIpc) is 2.56. The second-order valence-corrected chi connectivity index (χ2v) is 3.26. The Bertz CT molecular complexity index is 202. The lowest BCUT2D eigenvalue weighted by Crippen LogP contribution is -1.92. The predicted octanol–water partition coefficient (Wildman–Crippen LogP) is 0.938. The Kier molecular flexibility index (Phi) is 4.10. The Balaban J connectivity index is 2.25. The Morgan fingerprint density at radius 1 is 1.58 bits per heavy atom. The monoisotopic (exact) mass is 187 g/mol. The Labute approximate surface area is 76.8 Å². The number of thiol groups is 1. The molecule has 0 aliphatic heterocycles. The zero-order chi connectivity index (χ0) is 8.81. The van der Waals surface area contributed by atoms with Gasteiger partial charge >= 0.3 is 0 Å². The van der Waals surface area contributed by atoms with E-state index in [1.807, 2.05) is 0 Å². The van der Waals surface area contributed by atoms with Gasteiger partial charge in [0.05, 0.1) is 5.69 Å². The fourth-order valence-electron chi connectivity index (χ4n) is 0.971. The Hall–Kier alpha value is -0.550. The van der Waals surface area contributed by atoms with Crippen molar-refractivity contribution in [1.29, 1.82) is 0 Å². The van der Waals surface area contributed by atoms with E-state index in [0.29, 0.717) is 0 Å². The SMILES string of the molecule is OCCCCC(S)c1c[nH]nn1. The minimum absolute atomic E-state index is 0.135. The quantitative estimate of drug-likeness (QED) is 0.475. The van der Waals surface area contributed by atoms with E-state index in [0.717, 1.165) is 25.0 Å². The first-order chi connectivity index (χ1) is 5.84. The maximum absolute atomic E-state index is 8.55. The molecule has 0 fully saturated rings. The lowest BCUT2D eigenvalue weighted by molar-refractivity contribution is 0.283. The molecule has 0 aromatic carbocycles. The minimum atomic E-state index is 0.135. The van der Waals surface area contributed by atoms with Crippen LogP contribution in [0.15, 0.2) is 6.20 Å². The van der Waals surface area contributed by atoms with Crippen LogP contribution in [0, 0.1) is 0 Å². The van der Waals surface area contributed by atoms with Gasteiger partial charge < -0.3 is 5.11 Å². The fraction of sp³-hybridized carbons (Fsp3) is 0.714. The topological polar surface area (TPSA) is 61.8 Å². The molecule has 0 aliphatic carbocycles. The molecular weight excluding hydrogens is 174 g/mol. The number of hydrogen-bond donors (Lipinski definition) is 3. The van der Waals surface area contributed by atoms with Crippen molar-refractivity contribution in [2.75, 3.05) is 6.61 Å². The highest BCUT2D eigenvalue weighted by Gasteiger charge is 2.07. The van der Waals surface area contributed by atoms with E-state index in [2.05, 4.69) is 28.0 Å². The minimum Gasteiger partial charge on any atom is -0.396 e. The third-order valence-corrected chi connectivity index (χ3v) is 2.19. The van der Waals surface area contributed by atoms with Crippen molar-refractivity contribution in [3.05, 3.63) is 11.9 Å². The predicted molar refractivity (Wildman–Crippen MR) is 49.0 cm³/mol. The molecule has 4 nitrogen and oxygen atoms in total. The number of H-pyrrole nitrogens is 1. The molecule has 1 heterocycles. The maximum Gasteiger partial charge on any atom is 0.0951 e. The number of rotatable bonds is 5. The smallest absolute Gasteiger partial charge is 0.0951 e. The summed E-state index contributed by atoms with van der Waals surface area (Å²) < 4.78 is 0. The molecule has 0 radical (unpaired) electrons. The second kappa shape index (κ2) is 5.16. The Morgan fingerprint density at radius 3 is 3.00 bits per heavy atom. The average molecular weight is 187 g/mol. The molecule has 0 amide bonds. The molecule has 0 aliphatic rings. The number of aromatic amines is 1. The maximum atomic E-state index is 8.55. The third-order valence-electron chi connectivity index (χ3n) is 1.66. The van der Waals surface area contributed by atoms with Crippen LogP contribution in [0.25, 0.3) is 0 Å². The highest BCUT2D eigenvalue weighted by molar-refractivity contribution is 7.80. The first-order valence-corrected chi connectivity index (χ1v) is 4.51. The number of aliphatic hydroxyl groups is 1. The normalized spacial score (nSPS) is 13.2. The van der Waals surface area contributed by atoms with E-state index in [1.165, 1.54) is 0 Å². The summed E-state index contributed by atoms with van der Waals surface area (Å²) in [6, 6.07) is 0. The summed E-state index contributed by atoms with van der Waals surface area (Å²) >= 11 is 4.35. The van der Waals surface area contributed by atoms with Crippen molar-refractivity contribution in [2.45, 2.75) is 24.5 Å². The van der Waals surface area contributed by atoms with Crippen molar-refractivity contribution in [1.82, 2.24) is 15.4 Å². The van der Waals surface area contributed by atoms with Gasteiger partial charge in [-0.2, -0.15) is 12.6 Å². The van der Waals surface area contributed by atoms with Gasteiger partial charge in [-0.25, -0.2) is 0 Å². The number of nitrogens with one attached hydrogen (secondary N) is 1. The molecule has 5 heteroatoms. The molecular formula is C7H13N3OS. The largest absolute Gasteiger partial charge is 0.396 e. The number of unbranched alkanes of at least 4 members (excludes halogenated alkanes) is 1. The molecule has 1 unspecified atom stereocenters. The zero-order valence-corrected chi connectivity index (χ0v) is 7.67. The Morgan fingerprint density at radius 2 is 2.42 bits per heavy atom. The lowest BCUT2D eigenvalue weighted by Gasteiger charge is -2.04. The summed E-state index contributed by atoms with van der Waals surface area (Å²) in [5.41, 5.74) is 0.872. The van der Waals surface area contributed by atoms with Gasteiger partial charge in [0.25, 0.3) is 0 Å². The van der Waals surface area contributed by atoms with Crippen LogP contribution in [0.1, 0.15) is 30.2 Å². The van der Waals surface area contributed by atoms with E-state index in [-0.39, 0.29) is 11.9 Å². The molecule has 1 rings (SSSR count). The van der Waals surface area contributed by atoms with E-state index in [4.69, 9.17) is 5.11 Å². The molecule has 0 bridgehead atoms. The van der Waals surface area contributed by atoms with Gasteiger partial charge in [-0.05, 0) is 19.3 Å². The van der Waals surface area contributed by atoms with Crippen LogP contribution in [0.4, 0.5) is 0 Å². The molecule has 1 aromatic rings. The number of hydrogen-bond acceptors (Lipinski definition) is 4. The van der Waals surface area contributed by atoms with Crippen molar-refractivity contribution in [2.24, 2.45) is 0 Å². The van der Waals surface area contributed by atoms with Crippen molar-refractivity contribution in [3.8, 4) is 0 Å². The highest BCUT2D eigenvalue weighted by Crippen LogP contribution is 2.22. The van der Waals surface area contributed by atoms with E-state index in [9.17, 15) is 0 Å². The lowest BCUT2D eigenvalue weighted by atomic mass is 10.1. The first-order valence-electron chi connectivity index (χ1n) is 4.00. The summed E-state index contributed by atoms with van der Waals surface area (Å²) in [5.74, 6) is 0. The first kappa shape index (κ1) is 9.54. The highest BCUT2D eigenvalue weighted by atomic mass is 32.1. The number of aliphatic hydroxyl groups excluding tert-OH is 1. The van der Waals surface area contributed by atoms with Crippen LogP contribution in [0.2, 0.25) is 0 Å². The van der Waals surface area contributed by atoms with Crippen LogP contribution >= 0.6 is 12.6 Å². The number of nitrogens with zero attached hydrogens (tertiary/aromatic N) is 2. The van der Waals surface area contributed by atoms with Crippen molar-refractivity contribution in [3.63, 3.8) is 0 Å². The van der Waals surface area contributed by atoms with Gasteiger partial charge in [-0.1, -0.05) is 5.21 Å². The third kappa shape index (κ3) is 2.83. The molecule has 0 saturated heterocycles. The van der Waals surface area contributed by atoms with Crippen molar-refractivity contribution >= 4 is 12.6 Å². The molecule has 1 aromatic heterocycles. The molecule has 12 heavy (non-hydrogen) atoms. The number of aromatic nitrogens is 3. The summed E-state index contributed by atoms with van der Waals surface area (Å²) in [6.45, 7) is 0.249. The summed E-state index contributed by atoms with van der Waals surface area (Å²) in [7, 11) is 0. The fourth-order valence-corrected chi connectivity index (χ4v) is 1.28.